The number of likely N-dealkylation sites (tertiary alicyclic amines) is 1. The van der Waals surface area contributed by atoms with Gasteiger partial charge in [0.2, 0.25) is 5.88 Å². The van der Waals surface area contributed by atoms with E-state index in [-0.39, 0.29) is 12.2 Å². The van der Waals surface area contributed by atoms with Crippen LogP contribution >= 0.6 is 0 Å². The third-order valence-corrected chi connectivity index (χ3v) is 5.37. The molecule has 7 heteroatoms. The molecule has 0 spiro atoms. The quantitative estimate of drug-likeness (QED) is 0.769. The van der Waals surface area contributed by atoms with Crippen LogP contribution in [-0.4, -0.2) is 57.2 Å². The highest BCUT2D eigenvalue weighted by Crippen LogP contribution is 2.28. The predicted molar refractivity (Wildman–Crippen MR) is 113 cm³/mol. The van der Waals surface area contributed by atoms with Gasteiger partial charge in [0.25, 0.3) is 0 Å². The van der Waals surface area contributed by atoms with E-state index in [0.717, 1.165) is 43.7 Å². The third-order valence-electron chi connectivity index (χ3n) is 5.37. The molecule has 1 atom stereocenters. The first-order chi connectivity index (χ1) is 14.4. The summed E-state index contributed by atoms with van der Waals surface area (Å²) in [5.74, 6) is 0.647. The topological polar surface area (TPSA) is 67.8 Å². The molecule has 2 aliphatic rings. The lowest BCUT2D eigenvalue weighted by atomic mass is 10.1. The molecule has 1 aromatic heterocycles. The molecule has 0 radical (unpaired) electrons. The number of hydrogen-bond acceptors (Lipinski definition) is 6. The summed E-state index contributed by atoms with van der Waals surface area (Å²) in [6.45, 7) is 9.41. The SMILES string of the molecule is CC(C)(C)OC(=O)N1CCC(Oc2ncnc3c2CN(Cc2ccccc2)CC3)C1. The van der Waals surface area contributed by atoms with Crippen LogP contribution in [-0.2, 0) is 24.2 Å². The third kappa shape index (κ3) is 5.08. The molecular weight excluding hydrogens is 380 g/mol. The smallest absolute Gasteiger partial charge is 0.410 e. The molecule has 1 unspecified atom stereocenters. The van der Waals surface area contributed by atoms with Crippen LogP contribution in [0.25, 0.3) is 0 Å². The second-order valence-corrected chi connectivity index (χ2v) is 9.01. The predicted octanol–water partition coefficient (Wildman–Crippen LogP) is 3.42. The summed E-state index contributed by atoms with van der Waals surface area (Å²) in [7, 11) is 0. The van der Waals surface area contributed by atoms with Gasteiger partial charge >= 0.3 is 6.09 Å². The van der Waals surface area contributed by atoms with E-state index in [1.807, 2.05) is 26.8 Å². The highest BCUT2D eigenvalue weighted by Gasteiger charge is 2.32. The fourth-order valence-corrected chi connectivity index (χ4v) is 3.92. The van der Waals surface area contributed by atoms with Gasteiger partial charge in [0.1, 0.15) is 18.0 Å². The maximum atomic E-state index is 12.3. The molecule has 1 fully saturated rings. The zero-order valence-electron chi connectivity index (χ0n) is 18.0. The molecule has 1 aromatic carbocycles. The minimum absolute atomic E-state index is 0.0824. The number of fused-ring (bicyclic) bond motifs is 1. The van der Waals surface area contributed by atoms with E-state index in [1.54, 1.807) is 11.2 Å². The number of benzene rings is 1. The van der Waals surface area contributed by atoms with E-state index >= 15 is 0 Å². The van der Waals surface area contributed by atoms with Crippen molar-refractivity contribution in [3.8, 4) is 5.88 Å². The summed E-state index contributed by atoms with van der Waals surface area (Å²) in [6, 6.07) is 10.5. The van der Waals surface area contributed by atoms with E-state index < -0.39 is 5.60 Å². The number of aromatic nitrogens is 2. The number of ether oxygens (including phenoxy) is 2. The van der Waals surface area contributed by atoms with Gasteiger partial charge < -0.3 is 14.4 Å². The molecule has 1 saturated heterocycles. The normalized spacial score (nSPS) is 19.4. The van der Waals surface area contributed by atoms with Gasteiger partial charge in [0, 0.05) is 44.6 Å². The van der Waals surface area contributed by atoms with Gasteiger partial charge in [-0.3, -0.25) is 4.90 Å². The Morgan fingerprint density at radius 2 is 1.97 bits per heavy atom. The van der Waals surface area contributed by atoms with Crippen molar-refractivity contribution in [1.29, 1.82) is 0 Å². The summed E-state index contributed by atoms with van der Waals surface area (Å²) in [4.78, 5) is 25.3. The molecule has 2 aliphatic heterocycles. The Bertz CT molecular complexity index is 882. The van der Waals surface area contributed by atoms with E-state index in [1.165, 1.54) is 5.56 Å². The highest BCUT2D eigenvalue weighted by molar-refractivity contribution is 5.68. The van der Waals surface area contributed by atoms with Crippen molar-refractivity contribution in [2.24, 2.45) is 0 Å². The zero-order chi connectivity index (χ0) is 21.1. The molecule has 7 nitrogen and oxygen atoms in total. The van der Waals surface area contributed by atoms with Crippen molar-refractivity contribution >= 4 is 6.09 Å². The molecule has 4 rings (SSSR count). The maximum absolute atomic E-state index is 12.3. The van der Waals surface area contributed by atoms with Crippen molar-refractivity contribution in [1.82, 2.24) is 19.8 Å². The Morgan fingerprint density at radius 3 is 2.73 bits per heavy atom. The second-order valence-electron chi connectivity index (χ2n) is 9.01. The van der Waals surface area contributed by atoms with Crippen molar-refractivity contribution in [3.05, 3.63) is 53.5 Å². The first-order valence-corrected chi connectivity index (χ1v) is 10.6. The largest absolute Gasteiger partial charge is 0.472 e. The molecular formula is C23H30N4O3. The minimum atomic E-state index is -0.496. The Morgan fingerprint density at radius 1 is 1.17 bits per heavy atom. The molecule has 30 heavy (non-hydrogen) atoms. The van der Waals surface area contributed by atoms with Gasteiger partial charge in [-0.1, -0.05) is 30.3 Å². The van der Waals surface area contributed by atoms with Crippen LogP contribution in [0.15, 0.2) is 36.7 Å². The van der Waals surface area contributed by atoms with Crippen LogP contribution in [0, 0.1) is 0 Å². The number of nitrogens with zero attached hydrogens (tertiary/aromatic N) is 4. The van der Waals surface area contributed by atoms with E-state index in [9.17, 15) is 4.79 Å². The molecule has 160 valence electrons. The van der Waals surface area contributed by atoms with Crippen molar-refractivity contribution in [2.75, 3.05) is 19.6 Å². The summed E-state index contributed by atoms with van der Waals surface area (Å²) < 4.78 is 11.7. The molecule has 2 aromatic rings. The second kappa shape index (κ2) is 8.60. The molecule has 3 heterocycles. The Hall–Kier alpha value is -2.67. The Balaban J connectivity index is 1.40. The van der Waals surface area contributed by atoms with Gasteiger partial charge in [0.15, 0.2) is 0 Å². The lowest BCUT2D eigenvalue weighted by molar-refractivity contribution is 0.0274. The van der Waals surface area contributed by atoms with Crippen LogP contribution in [0.1, 0.15) is 44.0 Å². The molecule has 0 N–H and O–H groups in total. The summed E-state index contributed by atoms with van der Waals surface area (Å²) >= 11 is 0. The Kier molecular flexibility index (Phi) is 5.90. The summed E-state index contributed by atoms with van der Waals surface area (Å²) in [6.07, 6.45) is 2.87. The standard InChI is InChI=1S/C23H30N4O3/c1-23(2,3)30-22(28)27-12-9-18(14-27)29-21-19-15-26(11-10-20(19)24-16-25-21)13-17-7-5-4-6-8-17/h4-8,16,18H,9-15H2,1-3H3. The first-order valence-electron chi connectivity index (χ1n) is 10.6. The Labute approximate surface area is 178 Å². The summed E-state index contributed by atoms with van der Waals surface area (Å²) in [5, 5.41) is 0. The lowest BCUT2D eigenvalue weighted by Gasteiger charge is -2.29. The number of hydrogen-bond donors (Lipinski definition) is 0. The molecule has 0 bridgehead atoms. The zero-order valence-corrected chi connectivity index (χ0v) is 18.0. The molecule has 1 amide bonds. The lowest BCUT2D eigenvalue weighted by Crippen LogP contribution is -2.36. The number of carbonyl (C=O) groups excluding carboxylic acids is 1. The monoisotopic (exact) mass is 410 g/mol. The van der Waals surface area contributed by atoms with Gasteiger partial charge in [-0.05, 0) is 26.3 Å². The fourth-order valence-electron chi connectivity index (χ4n) is 3.92. The average Bonchev–Trinajstić information content (AvgIpc) is 3.17. The molecule has 0 saturated carbocycles. The average molecular weight is 411 g/mol. The number of carbonyl (C=O) groups is 1. The van der Waals surface area contributed by atoms with Crippen molar-refractivity contribution < 1.29 is 14.3 Å². The van der Waals surface area contributed by atoms with Gasteiger partial charge in [-0.25, -0.2) is 14.8 Å². The van der Waals surface area contributed by atoms with E-state index in [4.69, 9.17) is 9.47 Å². The number of amides is 1. The van der Waals surface area contributed by atoms with Gasteiger partial charge in [-0.15, -0.1) is 0 Å². The number of rotatable bonds is 4. The van der Waals surface area contributed by atoms with Crippen LogP contribution in [0.4, 0.5) is 4.79 Å². The van der Waals surface area contributed by atoms with Crippen molar-refractivity contribution in [2.45, 2.75) is 58.4 Å². The van der Waals surface area contributed by atoms with Gasteiger partial charge in [-0.2, -0.15) is 0 Å². The van der Waals surface area contributed by atoms with Gasteiger partial charge in [0.05, 0.1) is 12.2 Å². The molecule has 0 aliphatic carbocycles. The first kappa shape index (κ1) is 20.6. The van der Waals surface area contributed by atoms with Crippen molar-refractivity contribution in [3.63, 3.8) is 0 Å². The minimum Gasteiger partial charge on any atom is -0.472 e. The van der Waals surface area contributed by atoms with Crippen LogP contribution in [0.3, 0.4) is 0 Å². The van der Waals surface area contributed by atoms with E-state index in [2.05, 4.69) is 39.1 Å². The fraction of sp³-hybridized carbons (Fsp3) is 0.522. The maximum Gasteiger partial charge on any atom is 0.410 e. The van der Waals surface area contributed by atoms with E-state index in [0.29, 0.717) is 19.0 Å². The summed E-state index contributed by atoms with van der Waals surface area (Å²) in [5.41, 5.74) is 2.93. The highest BCUT2D eigenvalue weighted by atomic mass is 16.6. The van der Waals surface area contributed by atoms with Crippen LogP contribution in [0.2, 0.25) is 0 Å². The van der Waals surface area contributed by atoms with Crippen LogP contribution < -0.4 is 4.74 Å². The van der Waals surface area contributed by atoms with Crippen LogP contribution in [0.5, 0.6) is 5.88 Å².